The quantitative estimate of drug-likeness (QED) is 0.686. The molecule has 0 fully saturated rings. The third-order valence-corrected chi connectivity index (χ3v) is 2.64. The molecule has 2 heterocycles. The average molecular weight is 218 g/mol. The summed E-state index contributed by atoms with van der Waals surface area (Å²) in [6.45, 7) is 3.29. The van der Waals surface area contributed by atoms with E-state index in [2.05, 4.69) is 21.8 Å². The molecule has 0 spiro atoms. The molecule has 0 bridgehead atoms. The number of hydrogen-bond acceptors (Lipinski definition) is 4. The molecule has 0 saturated carbocycles. The summed E-state index contributed by atoms with van der Waals surface area (Å²) in [5, 5.41) is 11.4. The Balaban J connectivity index is 2.51. The van der Waals surface area contributed by atoms with E-state index in [1.165, 1.54) is 6.33 Å². The molecule has 15 heavy (non-hydrogen) atoms. The van der Waals surface area contributed by atoms with Gasteiger partial charge in [-0.15, -0.1) is 11.3 Å². The van der Waals surface area contributed by atoms with Crippen LogP contribution in [0.3, 0.4) is 0 Å². The normalized spacial score (nSPS) is 11.1. The molecule has 0 aliphatic heterocycles. The molecule has 0 aromatic carbocycles. The predicted octanol–water partition coefficient (Wildman–Crippen LogP) is 1.81. The van der Waals surface area contributed by atoms with Crippen molar-refractivity contribution in [2.24, 2.45) is 0 Å². The minimum Gasteiger partial charge on any atom is -0.378 e. The van der Waals surface area contributed by atoms with Gasteiger partial charge in [0.1, 0.15) is 17.6 Å². The lowest BCUT2D eigenvalue weighted by Gasteiger charge is -2.05. The van der Waals surface area contributed by atoms with Gasteiger partial charge < -0.3 is 5.11 Å². The fourth-order valence-corrected chi connectivity index (χ4v) is 1.88. The molecule has 0 unspecified atom stereocenters. The highest BCUT2D eigenvalue weighted by Gasteiger charge is 2.07. The summed E-state index contributed by atoms with van der Waals surface area (Å²) in [5.74, 6) is 5.62. The van der Waals surface area contributed by atoms with Crippen molar-refractivity contribution >= 4 is 21.6 Å². The summed E-state index contributed by atoms with van der Waals surface area (Å²) in [4.78, 5) is 8.21. The van der Waals surface area contributed by atoms with Crippen LogP contribution in [-0.2, 0) is 0 Å². The van der Waals surface area contributed by atoms with Crippen molar-refractivity contribution in [2.75, 3.05) is 0 Å². The molecule has 0 aliphatic rings. The van der Waals surface area contributed by atoms with Crippen LogP contribution in [0.5, 0.6) is 0 Å². The summed E-state index contributed by atoms with van der Waals surface area (Å²) in [6, 6.07) is 1.93. The van der Waals surface area contributed by atoms with Gasteiger partial charge in [0.15, 0.2) is 0 Å². The zero-order valence-corrected chi connectivity index (χ0v) is 9.30. The SMILES string of the molecule is CC(C)(O)C#Cc1ncnc2ccsc12. The molecule has 76 valence electrons. The van der Waals surface area contributed by atoms with Gasteiger partial charge in [-0.1, -0.05) is 5.92 Å². The second-order valence-corrected chi connectivity index (χ2v) is 4.58. The summed E-state index contributed by atoms with van der Waals surface area (Å²) < 4.78 is 0.967. The monoisotopic (exact) mass is 218 g/mol. The van der Waals surface area contributed by atoms with Crippen LogP contribution < -0.4 is 0 Å². The van der Waals surface area contributed by atoms with Crippen molar-refractivity contribution in [1.82, 2.24) is 9.97 Å². The first-order valence-electron chi connectivity index (χ1n) is 4.50. The molecule has 0 amide bonds. The zero-order valence-electron chi connectivity index (χ0n) is 8.48. The minimum atomic E-state index is -0.992. The standard InChI is InChI=1S/C11H10N2OS/c1-11(2,14)5-3-8-10-9(4-6-15-10)13-7-12-8/h4,6-7,14H,1-2H3. The van der Waals surface area contributed by atoms with Crippen molar-refractivity contribution in [1.29, 1.82) is 0 Å². The Morgan fingerprint density at radius 2 is 2.20 bits per heavy atom. The Morgan fingerprint density at radius 1 is 1.40 bits per heavy atom. The van der Waals surface area contributed by atoms with Crippen LogP contribution in [0, 0.1) is 11.8 Å². The summed E-state index contributed by atoms with van der Waals surface area (Å²) >= 11 is 1.56. The smallest absolute Gasteiger partial charge is 0.134 e. The lowest BCUT2D eigenvalue weighted by atomic mass is 10.1. The molecule has 4 heteroatoms. The van der Waals surface area contributed by atoms with Gasteiger partial charge in [-0.25, -0.2) is 9.97 Å². The first-order chi connectivity index (χ1) is 7.06. The van der Waals surface area contributed by atoms with Gasteiger partial charge in [0, 0.05) is 0 Å². The van der Waals surface area contributed by atoms with E-state index >= 15 is 0 Å². The van der Waals surface area contributed by atoms with Gasteiger partial charge in [0.05, 0.1) is 10.2 Å². The molecular formula is C11H10N2OS. The van der Waals surface area contributed by atoms with Crippen LogP contribution in [0.25, 0.3) is 10.2 Å². The Hall–Kier alpha value is -1.44. The number of hydrogen-bond donors (Lipinski definition) is 1. The maximum Gasteiger partial charge on any atom is 0.134 e. The van der Waals surface area contributed by atoms with E-state index in [4.69, 9.17) is 0 Å². The lowest BCUT2D eigenvalue weighted by Crippen LogP contribution is -2.14. The van der Waals surface area contributed by atoms with E-state index in [0.29, 0.717) is 5.69 Å². The van der Waals surface area contributed by atoms with Crippen molar-refractivity contribution in [3.05, 3.63) is 23.5 Å². The highest BCUT2D eigenvalue weighted by molar-refractivity contribution is 7.17. The molecule has 0 atom stereocenters. The second-order valence-electron chi connectivity index (χ2n) is 3.67. The van der Waals surface area contributed by atoms with Crippen molar-refractivity contribution < 1.29 is 5.11 Å². The van der Waals surface area contributed by atoms with Gasteiger partial charge in [-0.05, 0) is 31.2 Å². The third-order valence-electron chi connectivity index (χ3n) is 1.73. The molecule has 0 radical (unpaired) electrons. The van der Waals surface area contributed by atoms with Gasteiger partial charge in [-0.3, -0.25) is 0 Å². The fraction of sp³-hybridized carbons (Fsp3) is 0.273. The minimum absolute atomic E-state index is 0.678. The van der Waals surface area contributed by atoms with Gasteiger partial charge in [-0.2, -0.15) is 0 Å². The van der Waals surface area contributed by atoms with Crippen LogP contribution in [-0.4, -0.2) is 20.7 Å². The molecule has 2 rings (SSSR count). The molecule has 3 nitrogen and oxygen atoms in total. The van der Waals surface area contributed by atoms with E-state index in [1.54, 1.807) is 25.2 Å². The van der Waals surface area contributed by atoms with E-state index in [0.717, 1.165) is 10.2 Å². The van der Waals surface area contributed by atoms with Crippen molar-refractivity contribution in [2.45, 2.75) is 19.4 Å². The maximum absolute atomic E-state index is 9.49. The number of aliphatic hydroxyl groups is 1. The van der Waals surface area contributed by atoms with E-state index in [1.807, 2.05) is 11.4 Å². The Morgan fingerprint density at radius 3 is 2.93 bits per heavy atom. The van der Waals surface area contributed by atoms with Gasteiger partial charge in [0.25, 0.3) is 0 Å². The molecule has 0 saturated heterocycles. The molecule has 2 aromatic rings. The van der Waals surface area contributed by atoms with E-state index in [9.17, 15) is 5.11 Å². The van der Waals surface area contributed by atoms with E-state index in [-0.39, 0.29) is 0 Å². The maximum atomic E-state index is 9.49. The topological polar surface area (TPSA) is 46.0 Å². The fourth-order valence-electron chi connectivity index (χ4n) is 1.09. The largest absolute Gasteiger partial charge is 0.378 e. The predicted molar refractivity (Wildman–Crippen MR) is 60.6 cm³/mol. The van der Waals surface area contributed by atoms with Crippen LogP contribution in [0.2, 0.25) is 0 Å². The summed E-state index contributed by atoms with van der Waals surface area (Å²) in [7, 11) is 0. The zero-order chi connectivity index (χ0) is 10.9. The number of thiophene rings is 1. The Labute approximate surface area is 91.8 Å². The number of aromatic nitrogens is 2. The summed E-state index contributed by atoms with van der Waals surface area (Å²) in [6.07, 6.45) is 1.49. The average Bonchev–Trinajstić information content (AvgIpc) is 2.61. The molecule has 2 aromatic heterocycles. The van der Waals surface area contributed by atoms with Gasteiger partial charge in [0.2, 0.25) is 0 Å². The van der Waals surface area contributed by atoms with Gasteiger partial charge >= 0.3 is 0 Å². The highest BCUT2D eigenvalue weighted by Crippen LogP contribution is 2.20. The molecular weight excluding hydrogens is 208 g/mol. The van der Waals surface area contributed by atoms with Crippen molar-refractivity contribution in [3.8, 4) is 11.8 Å². The lowest BCUT2D eigenvalue weighted by molar-refractivity contribution is 0.143. The van der Waals surface area contributed by atoms with Crippen LogP contribution >= 0.6 is 11.3 Å². The van der Waals surface area contributed by atoms with E-state index < -0.39 is 5.60 Å². The number of fused-ring (bicyclic) bond motifs is 1. The number of nitrogens with zero attached hydrogens (tertiary/aromatic N) is 2. The number of rotatable bonds is 0. The van der Waals surface area contributed by atoms with Crippen molar-refractivity contribution in [3.63, 3.8) is 0 Å². The Bertz CT molecular complexity index is 543. The van der Waals surface area contributed by atoms with Crippen LogP contribution in [0.1, 0.15) is 19.5 Å². The first-order valence-corrected chi connectivity index (χ1v) is 5.38. The summed E-state index contributed by atoms with van der Waals surface area (Å²) in [5.41, 5.74) is 0.585. The van der Waals surface area contributed by atoms with Crippen LogP contribution in [0.15, 0.2) is 17.8 Å². The second kappa shape index (κ2) is 3.61. The molecule has 0 aliphatic carbocycles. The van der Waals surface area contributed by atoms with Crippen LogP contribution in [0.4, 0.5) is 0 Å². The highest BCUT2D eigenvalue weighted by atomic mass is 32.1. The first kappa shape index (κ1) is 10.1. The third kappa shape index (κ3) is 2.32. The Kier molecular flexibility index (Phi) is 2.43. The molecule has 1 N–H and O–H groups in total.